The van der Waals surface area contributed by atoms with Gasteiger partial charge in [-0.15, -0.1) is 0 Å². The maximum absolute atomic E-state index is 12.9. The number of ketones is 1. The molecule has 0 aromatic carbocycles. The Labute approximate surface area is 210 Å². The van der Waals surface area contributed by atoms with Gasteiger partial charge in [0.05, 0.1) is 0 Å². The van der Waals surface area contributed by atoms with Crippen molar-refractivity contribution in [1.29, 1.82) is 0 Å². The largest absolute Gasteiger partial charge is 0.303 e. The summed E-state index contributed by atoms with van der Waals surface area (Å²) < 4.78 is 0. The lowest BCUT2D eigenvalue weighted by atomic mass is 9.33. The van der Waals surface area contributed by atoms with Crippen molar-refractivity contribution in [1.82, 2.24) is 0 Å². The van der Waals surface area contributed by atoms with Crippen molar-refractivity contribution in [3.63, 3.8) is 0 Å². The van der Waals surface area contributed by atoms with Crippen LogP contribution in [0.5, 0.6) is 0 Å². The molecule has 0 aromatic heterocycles. The van der Waals surface area contributed by atoms with Crippen LogP contribution >= 0.6 is 0 Å². The van der Waals surface area contributed by atoms with Gasteiger partial charge in [-0.3, -0.25) is 4.79 Å². The zero-order valence-electron chi connectivity index (χ0n) is 23.3. The van der Waals surface area contributed by atoms with E-state index >= 15 is 0 Å². The van der Waals surface area contributed by atoms with Crippen LogP contribution in [0.1, 0.15) is 119 Å². The van der Waals surface area contributed by atoms with E-state index in [0.29, 0.717) is 35.4 Å². The van der Waals surface area contributed by atoms with E-state index in [0.717, 1.165) is 19.3 Å². The SMILES string of the molecule is C=C(C)C(CCCC)C1C(C=O)CCC2(C)C1CCC1C3(C)CCC(=O)C(C)(C)C3CCC12C. The quantitative estimate of drug-likeness (QED) is 0.289. The first-order chi connectivity index (χ1) is 15.9. The number of Topliss-reactive ketones (excluding diaryl/α,β-unsaturated/α-hetero) is 1. The van der Waals surface area contributed by atoms with E-state index in [2.05, 4.69) is 55.0 Å². The summed E-state index contributed by atoms with van der Waals surface area (Å²) in [7, 11) is 0. The predicted molar refractivity (Wildman–Crippen MR) is 141 cm³/mol. The first-order valence-electron chi connectivity index (χ1n) is 14.5. The molecule has 0 radical (unpaired) electrons. The maximum Gasteiger partial charge on any atom is 0.138 e. The number of fused-ring (bicyclic) bond motifs is 5. The molecule has 0 N–H and O–H groups in total. The number of allylic oxidation sites excluding steroid dienone is 1. The molecular weight excluding hydrogens is 416 g/mol. The van der Waals surface area contributed by atoms with Crippen molar-refractivity contribution < 1.29 is 9.59 Å². The summed E-state index contributed by atoms with van der Waals surface area (Å²) in [5.41, 5.74) is 1.92. The zero-order chi connectivity index (χ0) is 25.1. The van der Waals surface area contributed by atoms with Gasteiger partial charge in [-0.2, -0.15) is 0 Å². The van der Waals surface area contributed by atoms with E-state index in [1.807, 2.05) is 0 Å². The number of rotatable bonds is 6. The highest BCUT2D eigenvalue weighted by atomic mass is 16.1. The van der Waals surface area contributed by atoms with Crippen molar-refractivity contribution in [2.45, 2.75) is 119 Å². The van der Waals surface area contributed by atoms with Crippen molar-refractivity contribution in [3.8, 4) is 0 Å². The highest BCUT2D eigenvalue weighted by molar-refractivity contribution is 5.85. The van der Waals surface area contributed by atoms with Crippen LogP contribution in [0.2, 0.25) is 0 Å². The Morgan fingerprint density at radius 1 is 1.00 bits per heavy atom. The number of hydrogen-bond donors (Lipinski definition) is 0. The molecule has 34 heavy (non-hydrogen) atoms. The molecule has 9 atom stereocenters. The van der Waals surface area contributed by atoms with Crippen LogP contribution in [-0.2, 0) is 9.59 Å². The number of carbonyl (C=O) groups is 2. The second-order valence-corrected chi connectivity index (χ2v) is 14.3. The third-order valence-corrected chi connectivity index (χ3v) is 12.8. The minimum Gasteiger partial charge on any atom is -0.303 e. The fraction of sp³-hybridized carbons (Fsp3) is 0.875. The van der Waals surface area contributed by atoms with Crippen molar-refractivity contribution in [3.05, 3.63) is 12.2 Å². The molecule has 4 fully saturated rings. The molecule has 0 heterocycles. The van der Waals surface area contributed by atoms with E-state index in [1.165, 1.54) is 63.2 Å². The Morgan fingerprint density at radius 3 is 2.29 bits per heavy atom. The summed E-state index contributed by atoms with van der Waals surface area (Å²) in [4.78, 5) is 25.3. The number of unbranched alkanes of at least 4 members (excludes halogenated alkanes) is 1. The second-order valence-electron chi connectivity index (χ2n) is 14.3. The van der Waals surface area contributed by atoms with E-state index in [9.17, 15) is 9.59 Å². The average molecular weight is 469 g/mol. The summed E-state index contributed by atoms with van der Waals surface area (Å²) in [5, 5.41) is 0. The third-order valence-electron chi connectivity index (χ3n) is 12.8. The third kappa shape index (κ3) is 3.54. The molecule has 192 valence electrons. The molecule has 2 nitrogen and oxygen atoms in total. The lowest BCUT2D eigenvalue weighted by Crippen LogP contribution is -2.65. The molecule has 4 aliphatic rings. The molecule has 0 bridgehead atoms. The number of aldehydes is 1. The normalized spacial score (nSPS) is 46.6. The molecule has 9 unspecified atom stereocenters. The lowest BCUT2D eigenvalue weighted by Gasteiger charge is -2.71. The van der Waals surface area contributed by atoms with Gasteiger partial charge >= 0.3 is 0 Å². The molecule has 0 saturated heterocycles. The van der Waals surface area contributed by atoms with Gasteiger partial charge in [-0.25, -0.2) is 0 Å². The first kappa shape index (κ1) is 26.2. The van der Waals surface area contributed by atoms with Gasteiger partial charge in [0.1, 0.15) is 12.1 Å². The van der Waals surface area contributed by atoms with E-state index < -0.39 is 0 Å². The molecule has 4 saturated carbocycles. The summed E-state index contributed by atoms with van der Waals surface area (Å²) in [6, 6.07) is 0. The monoisotopic (exact) mass is 468 g/mol. The Hall–Kier alpha value is -0.920. The van der Waals surface area contributed by atoms with Crippen LogP contribution < -0.4 is 0 Å². The molecule has 2 heteroatoms. The molecule has 0 spiro atoms. The van der Waals surface area contributed by atoms with E-state index in [4.69, 9.17) is 0 Å². The zero-order valence-corrected chi connectivity index (χ0v) is 23.3. The van der Waals surface area contributed by atoms with Gasteiger partial charge in [0.2, 0.25) is 0 Å². The van der Waals surface area contributed by atoms with Crippen LogP contribution in [0, 0.1) is 57.2 Å². The van der Waals surface area contributed by atoms with Gasteiger partial charge in [0, 0.05) is 17.8 Å². The number of carbonyl (C=O) groups excluding carboxylic acids is 2. The Balaban J connectivity index is 1.73. The van der Waals surface area contributed by atoms with E-state index in [1.54, 1.807) is 0 Å². The summed E-state index contributed by atoms with van der Waals surface area (Å²) in [5.74, 6) is 3.40. The van der Waals surface area contributed by atoms with Gasteiger partial charge in [-0.1, -0.05) is 66.5 Å². The standard InChI is InChI=1S/C32H52O2/c1-9-10-11-23(21(2)3)28-22(20-33)14-18-31(7)24(28)12-13-26-30(6)17-16-27(34)29(4,5)25(30)15-19-32(26,31)8/h20,22-26,28H,2,9-19H2,1,3-8H3. The van der Waals surface area contributed by atoms with Crippen molar-refractivity contribution in [2.75, 3.05) is 0 Å². The smallest absolute Gasteiger partial charge is 0.138 e. The summed E-state index contributed by atoms with van der Waals surface area (Å²) in [6.45, 7) is 21.2. The van der Waals surface area contributed by atoms with Gasteiger partial charge in [0.25, 0.3) is 0 Å². The molecule has 0 aromatic rings. The van der Waals surface area contributed by atoms with Crippen LogP contribution in [-0.4, -0.2) is 12.1 Å². The second kappa shape index (κ2) is 8.88. The average Bonchev–Trinajstić information content (AvgIpc) is 2.77. The number of hydrogen-bond acceptors (Lipinski definition) is 2. The topological polar surface area (TPSA) is 34.1 Å². The highest BCUT2D eigenvalue weighted by Gasteiger charge is 2.68. The first-order valence-corrected chi connectivity index (χ1v) is 14.5. The van der Waals surface area contributed by atoms with Gasteiger partial charge in [-0.05, 0) is 104 Å². The van der Waals surface area contributed by atoms with Crippen LogP contribution in [0.15, 0.2) is 12.2 Å². The van der Waals surface area contributed by atoms with Crippen molar-refractivity contribution >= 4 is 12.1 Å². The van der Waals surface area contributed by atoms with Crippen LogP contribution in [0.3, 0.4) is 0 Å². The summed E-state index contributed by atoms with van der Waals surface area (Å²) >= 11 is 0. The Morgan fingerprint density at radius 2 is 1.68 bits per heavy atom. The maximum atomic E-state index is 12.9. The predicted octanol–water partition coefficient (Wildman–Crippen LogP) is 8.44. The van der Waals surface area contributed by atoms with Crippen LogP contribution in [0.4, 0.5) is 0 Å². The molecule has 4 aliphatic carbocycles. The Kier molecular flexibility index (Phi) is 6.83. The highest BCUT2D eigenvalue weighted by Crippen LogP contribution is 2.74. The van der Waals surface area contributed by atoms with Crippen molar-refractivity contribution in [2.24, 2.45) is 57.2 Å². The fourth-order valence-electron chi connectivity index (χ4n) is 10.7. The minimum atomic E-state index is -0.186. The molecule has 4 rings (SSSR count). The molecular formula is C32H52O2. The molecule has 0 amide bonds. The lowest BCUT2D eigenvalue weighted by molar-refractivity contribution is -0.227. The Bertz CT molecular complexity index is 825. The van der Waals surface area contributed by atoms with Gasteiger partial charge in [0.15, 0.2) is 0 Å². The van der Waals surface area contributed by atoms with Gasteiger partial charge < -0.3 is 4.79 Å². The van der Waals surface area contributed by atoms with Crippen LogP contribution in [0.25, 0.3) is 0 Å². The molecule has 0 aliphatic heterocycles. The summed E-state index contributed by atoms with van der Waals surface area (Å²) in [6.07, 6.45) is 13.9. The minimum absolute atomic E-state index is 0.186. The fourth-order valence-corrected chi connectivity index (χ4v) is 10.7. The van der Waals surface area contributed by atoms with E-state index in [-0.39, 0.29) is 27.6 Å².